The third-order valence-electron chi connectivity index (χ3n) is 2.80. The van der Waals surface area contributed by atoms with Crippen LogP contribution in [0.15, 0.2) is 30.5 Å². The minimum absolute atomic E-state index is 0.0563. The number of aromatic nitrogens is 3. The molecule has 7 heteroatoms. The molecule has 0 atom stereocenters. The molecule has 1 aromatic carbocycles. The first-order valence-electron chi connectivity index (χ1n) is 6.77. The molecule has 0 aliphatic heterocycles. The van der Waals surface area contributed by atoms with Crippen LogP contribution in [-0.2, 0) is 17.8 Å². The maximum Gasteiger partial charge on any atom is 0.119 e. The van der Waals surface area contributed by atoms with E-state index in [1.807, 2.05) is 30.5 Å². The number of rotatable bonds is 9. The summed E-state index contributed by atoms with van der Waals surface area (Å²) in [6, 6.07) is 7.70. The normalized spacial score (nSPS) is 10.6. The molecule has 0 amide bonds. The van der Waals surface area contributed by atoms with Crippen molar-refractivity contribution in [3.05, 3.63) is 36.2 Å². The van der Waals surface area contributed by atoms with Crippen molar-refractivity contribution in [3.63, 3.8) is 0 Å². The summed E-state index contributed by atoms with van der Waals surface area (Å²) in [4.78, 5) is 0. The standard InChI is InChI=1S/C14H20N4O3/c1-20-8-9-21-14-4-2-12(3-5-14)15-10-13-11-18(6-7-19)17-16-13/h2-5,11,15,19H,6-10H2,1H3. The average molecular weight is 292 g/mol. The van der Waals surface area contributed by atoms with Crippen molar-refractivity contribution < 1.29 is 14.6 Å². The number of aliphatic hydroxyl groups excluding tert-OH is 1. The largest absolute Gasteiger partial charge is 0.491 e. The highest BCUT2D eigenvalue weighted by molar-refractivity contribution is 5.46. The van der Waals surface area contributed by atoms with Crippen LogP contribution in [0, 0.1) is 0 Å². The molecule has 21 heavy (non-hydrogen) atoms. The molecule has 7 nitrogen and oxygen atoms in total. The topological polar surface area (TPSA) is 81.4 Å². The second-order valence-electron chi connectivity index (χ2n) is 4.42. The SMILES string of the molecule is COCCOc1ccc(NCc2cn(CCO)nn2)cc1. The highest BCUT2D eigenvalue weighted by Gasteiger charge is 2.01. The van der Waals surface area contributed by atoms with Crippen molar-refractivity contribution in [1.29, 1.82) is 0 Å². The Kier molecular flexibility index (Phi) is 5.99. The summed E-state index contributed by atoms with van der Waals surface area (Å²) < 4.78 is 12.0. The fourth-order valence-electron chi connectivity index (χ4n) is 1.74. The summed E-state index contributed by atoms with van der Waals surface area (Å²) >= 11 is 0. The zero-order chi connectivity index (χ0) is 14.9. The van der Waals surface area contributed by atoms with E-state index in [9.17, 15) is 0 Å². The van der Waals surface area contributed by atoms with Gasteiger partial charge in [-0.05, 0) is 24.3 Å². The van der Waals surface area contributed by atoms with E-state index in [4.69, 9.17) is 14.6 Å². The van der Waals surface area contributed by atoms with Crippen LogP contribution >= 0.6 is 0 Å². The monoisotopic (exact) mass is 292 g/mol. The van der Waals surface area contributed by atoms with Gasteiger partial charge in [0.15, 0.2) is 0 Å². The fourth-order valence-corrected chi connectivity index (χ4v) is 1.74. The van der Waals surface area contributed by atoms with E-state index < -0.39 is 0 Å². The lowest BCUT2D eigenvalue weighted by Crippen LogP contribution is -2.04. The maximum atomic E-state index is 8.82. The molecule has 0 spiro atoms. The number of benzene rings is 1. The molecule has 114 valence electrons. The lowest BCUT2D eigenvalue weighted by molar-refractivity contribution is 0.146. The third kappa shape index (κ3) is 5.05. The number of nitrogens with zero attached hydrogens (tertiary/aromatic N) is 3. The average Bonchev–Trinajstić information content (AvgIpc) is 2.95. The van der Waals surface area contributed by atoms with Gasteiger partial charge < -0.3 is 19.9 Å². The summed E-state index contributed by atoms with van der Waals surface area (Å²) in [5, 5.41) is 20.0. The molecule has 0 unspecified atom stereocenters. The van der Waals surface area contributed by atoms with Crippen LogP contribution in [0.5, 0.6) is 5.75 Å². The lowest BCUT2D eigenvalue weighted by Gasteiger charge is -2.07. The van der Waals surface area contributed by atoms with Crippen molar-refractivity contribution in [2.24, 2.45) is 0 Å². The maximum absolute atomic E-state index is 8.82. The number of ether oxygens (including phenoxy) is 2. The Labute approximate surface area is 123 Å². The van der Waals surface area contributed by atoms with Gasteiger partial charge in [-0.2, -0.15) is 0 Å². The van der Waals surface area contributed by atoms with E-state index >= 15 is 0 Å². The first kappa shape index (κ1) is 15.3. The number of methoxy groups -OCH3 is 1. The van der Waals surface area contributed by atoms with Crippen LogP contribution in [0.3, 0.4) is 0 Å². The summed E-state index contributed by atoms with van der Waals surface area (Å²) in [7, 11) is 1.65. The Bertz CT molecular complexity index is 527. The zero-order valence-corrected chi connectivity index (χ0v) is 12.0. The molecular weight excluding hydrogens is 272 g/mol. The van der Waals surface area contributed by atoms with E-state index in [-0.39, 0.29) is 6.61 Å². The van der Waals surface area contributed by atoms with Gasteiger partial charge in [0.1, 0.15) is 18.1 Å². The molecule has 2 N–H and O–H groups in total. The smallest absolute Gasteiger partial charge is 0.119 e. The summed E-state index contributed by atoms with van der Waals surface area (Å²) in [5.74, 6) is 0.812. The number of nitrogens with one attached hydrogen (secondary N) is 1. The van der Waals surface area contributed by atoms with Crippen LogP contribution in [0.1, 0.15) is 5.69 Å². The first-order valence-corrected chi connectivity index (χ1v) is 6.77. The summed E-state index contributed by atoms with van der Waals surface area (Å²) in [5.41, 5.74) is 1.80. The van der Waals surface area contributed by atoms with Gasteiger partial charge in [0.2, 0.25) is 0 Å². The molecule has 0 aliphatic rings. The van der Waals surface area contributed by atoms with E-state index in [2.05, 4.69) is 15.6 Å². The van der Waals surface area contributed by atoms with E-state index in [1.54, 1.807) is 11.8 Å². The molecule has 0 saturated heterocycles. The molecule has 0 saturated carbocycles. The highest BCUT2D eigenvalue weighted by atomic mass is 16.5. The quantitative estimate of drug-likeness (QED) is 0.669. The molecule has 0 aliphatic carbocycles. The van der Waals surface area contributed by atoms with E-state index in [0.29, 0.717) is 26.3 Å². The minimum Gasteiger partial charge on any atom is -0.491 e. The van der Waals surface area contributed by atoms with Gasteiger partial charge in [-0.3, -0.25) is 0 Å². The molecule has 2 aromatic rings. The zero-order valence-electron chi connectivity index (χ0n) is 12.0. The van der Waals surface area contributed by atoms with Gasteiger partial charge >= 0.3 is 0 Å². The van der Waals surface area contributed by atoms with Gasteiger partial charge in [-0.25, -0.2) is 4.68 Å². The van der Waals surface area contributed by atoms with Gasteiger partial charge in [0, 0.05) is 12.8 Å². The number of anilines is 1. The van der Waals surface area contributed by atoms with Crippen molar-refractivity contribution >= 4 is 5.69 Å². The summed E-state index contributed by atoms with van der Waals surface area (Å²) in [6.07, 6.45) is 1.81. The van der Waals surface area contributed by atoms with Crippen LogP contribution < -0.4 is 10.1 Å². The molecule has 0 fully saturated rings. The van der Waals surface area contributed by atoms with E-state index in [0.717, 1.165) is 17.1 Å². The fraction of sp³-hybridized carbons (Fsp3) is 0.429. The molecule has 2 rings (SSSR count). The summed E-state index contributed by atoms with van der Waals surface area (Å²) in [6.45, 7) is 2.21. The van der Waals surface area contributed by atoms with Crippen molar-refractivity contribution in [2.75, 3.05) is 32.2 Å². The molecular formula is C14H20N4O3. The molecule has 0 radical (unpaired) electrons. The Morgan fingerprint density at radius 1 is 1.24 bits per heavy atom. The third-order valence-corrected chi connectivity index (χ3v) is 2.80. The second kappa shape index (κ2) is 8.23. The van der Waals surface area contributed by atoms with Gasteiger partial charge in [-0.15, -0.1) is 5.10 Å². The van der Waals surface area contributed by atoms with Crippen LogP contribution in [-0.4, -0.2) is 47.0 Å². The number of hydrogen-bond donors (Lipinski definition) is 2. The first-order chi connectivity index (χ1) is 10.3. The number of aliphatic hydroxyl groups is 1. The Balaban J connectivity index is 1.79. The van der Waals surface area contributed by atoms with Crippen LogP contribution in [0.25, 0.3) is 0 Å². The van der Waals surface area contributed by atoms with Crippen molar-refractivity contribution in [2.45, 2.75) is 13.1 Å². The second-order valence-corrected chi connectivity index (χ2v) is 4.42. The van der Waals surface area contributed by atoms with Gasteiger partial charge in [0.25, 0.3) is 0 Å². The molecule has 1 aromatic heterocycles. The Hall–Kier alpha value is -2.12. The lowest BCUT2D eigenvalue weighted by atomic mass is 10.3. The van der Waals surface area contributed by atoms with Crippen LogP contribution in [0.2, 0.25) is 0 Å². The van der Waals surface area contributed by atoms with Crippen molar-refractivity contribution in [3.8, 4) is 5.75 Å². The Morgan fingerprint density at radius 3 is 2.76 bits per heavy atom. The predicted octanol–water partition coefficient (Wildman–Crippen LogP) is 0.908. The van der Waals surface area contributed by atoms with Gasteiger partial charge in [0.05, 0.1) is 32.5 Å². The minimum atomic E-state index is 0.0563. The number of hydrogen-bond acceptors (Lipinski definition) is 6. The highest BCUT2D eigenvalue weighted by Crippen LogP contribution is 2.16. The predicted molar refractivity (Wildman–Crippen MR) is 78.2 cm³/mol. The van der Waals surface area contributed by atoms with Gasteiger partial charge in [-0.1, -0.05) is 5.21 Å². The molecule has 0 bridgehead atoms. The Morgan fingerprint density at radius 2 is 2.05 bits per heavy atom. The van der Waals surface area contributed by atoms with Crippen molar-refractivity contribution in [1.82, 2.24) is 15.0 Å². The van der Waals surface area contributed by atoms with E-state index in [1.165, 1.54) is 0 Å². The van der Waals surface area contributed by atoms with Crippen LogP contribution in [0.4, 0.5) is 5.69 Å². The molecule has 1 heterocycles.